The van der Waals surface area contributed by atoms with Gasteiger partial charge in [0.1, 0.15) is 0 Å². The second kappa shape index (κ2) is 7.22. The molecule has 1 amide bonds. The van der Waals surface area contributed by atoms with Gasteiger partial charge in [-0.25, -0.2) is 8.42 Å². The second-order valence-electron chi connectivity index (χ2n) is 4.97. The third kappa shape index (κ3) is 4.43. The van der Waals surface area contributed by atoms with E-state index < -0.39 is 9.84 Å². The highest BCUT2D eigenvalue weighted by Crippen LogP contribution is 2.15. The number of amides is 1. The second-order valence-corrected chi connectivity index (χ2v) is 7.24. The topological polar surface area (TPSA) is 63.2 Å². The zero-order chi connectivity index (χ0) is 16.0. The maximum Gasteiger partial charge on any atom is 0.224 e. The van der Waals surface area contributed by atoms with Crippen molar-refractivity contribution in [1.82, 2.24) is 0 Å². The van der Waals surface area contributed by atoms with Gasteiger partial charge in [0.25, 0.3) is 0 Å². The summed E-state index contributed by atoms with van der Waals surface area (Å²) in [6.07, 6.45) is 0.816. The zero-order valence-corrected chi connectivity index (χ0v) is 13.3. The molecule has 2 aromatic rings. The molecule has 0 saturated heterocycles. The van der Waals surface area contributed by atoms with E-state index in [4.69, 9.17) is 0 Å². The number of hydrogen-bond donors (Lipinski definition) is 1. The molecule has 0 aliphatic rings. The predicted molar refractivity (Wildman–Crippen MR) is 87.6 cm³/mol. The van der Waals surface area contributed by atoms with Gasteiger partial charge < -0.3 is 5.32 Å². The Hall–Kier alpha value is -2.14. The molecule has 0 saturated carbocycles. The Morgan fingerprint density at radius 2 is 1.77 bits per heavy atom. The predicted octanol–water partition coefficient (Wildman–Crippen LogP) is 3.05. The maximum absolute atomic E-state index is 11.9. The van der Waals surface area contributed by atoms with Gasteiger partial charge in [-0.2, -0.15) is 0 Å². The minimum Gasteiger partial charge on any atom is -0.326 e. The van der Waals surface area contributed by atoms with E-state index in [0.29, 0.717) is 17.7 Å². The van der Waals surface area contributed by atoms with Gasteiger partial charge in [-0.3, -0.25) is 4.79 Å². The van der Waals surface area contributed by atoms with Crippen molar-refractivity contribution < 1.29 is 13.2 Å². The fraction of sp³-hybridized carbons (Fsp3) is 0.235. The van der Waals surface area contributed by atoms with Crippen molar-refractivity contribution in [3.05, 3.63) is 60.2 Å². The molecule has 0 aliphatic carbocycles. The fourth-order valence-corrected chi connectivity index (χ4v) is 3.01. The first kappa shape index (κ1) is 16.2. The summed E-state index contributed by atoms with van der Waals surface area (Å²) in [4.78, 5) is 12.2. The van der Waals surface area contributed by atoms with Gasteiger partial charge in [0.2, 0.25) is 5.91 Å². The van der Waals surface area contributed by atoms with Gasteiger partial charge in [0.05, 0.1) is 10.6 Å². The van der Waals surface area contributed by atoms with E-state index in [-0.39, 0.29) is 11.7 Å². The van der Waals surface area contributed by atoms with Crippen LogP contribution in [0.1, 0.15) is 18.9 Å². The largest absolute Gasteiger partial charge is 0.326 e. The fourth-order valence-electron chi connectivity index (χ4n) is 2.06. The Bertz CT molecular complexity index is 740. The van der Waals surface area contributed by atoms with Crippen molar-refractivity contribution in [3.63, 3.8) is 0 Å². The molecule has 2 rings (SSSR count). The number of hydrogen-bond acceptors (Lipinski definition) is 3. The molecule has 116 valence electrons. The van der Waals surface area contributed by atoms with Crippen LogP contribution in [0.2, 0.25) is 0 Å². The van der Waals surface area contributed by atoms with Crippen LogP contribution in [0, 0.1) is 0 Å². The molecule has 0 spiro atoms. The van der Waals surface area contributed by atoms with E-state index in [1.807, 2.05) is 36.4 Å². The van der Waals surface area contributed by atoms with Crippen molar-refractivity contribution in [3.8, 4) is 0 Å². The highest BCUT2D eigenvalue weighted by Gasteiger charge is 2.12. The molecule has 0 heterocycles. The normalized spacial score (nSPS) is 11.1. The molecular formula is C17H19NO3S. The third-order valence-corrected chi connectivity index (χ3v) is 5.07. The summed E-state index contributed by atoms with van der Waals surface area (Å²) >= 11 is 0. The monoisotopic (exact) mass is 317 g/mol. The van der Waals surface area contributed by atoms with E-state index in [1.54, 1.807) is 25.1 Å². The molecular weight excluding hydrogens is 298 g/mol. The Morgan fingerprint density at radius 1 is 1.05 bits per heavy atom. The molecule has 2 aromatic carbocycles. The molecule has 0 aromatic heterocycles. The minimum absolute atomic E-state index is 0.0744. The van der Waals surface area contributed by atoms with Crippen molar-refractivity contribution in [2.75, 3.05) is 11.1 Å². The number of carbonyl (C=O) groups is 1. The number of anilines is 1. The average molecular weight is 317 g/mol. The van der Waals surface area contributed by atoms with E-state index in [1.165, 1.54) is 0 Å². The van der Waals surface area contributed by atoms with E-state index in [2.05, 4.69) is 5.32 Å². The van der Waals surface area contributed by atoms with Crippen molar-refractivity contribution >= 4 is 21.4 Å². The van der Waals surface area contributed by atoms with Crippen LogP contribution < -0.4 is 5.32 Å². The number of benzene rings is 2. The van der Waals surface area contributed by atoms with Crippen LogP contribution in [0.25, 0.3) is 0 Å². The van der Waals surface area contributed by atoms with Crippen LogP contribution in [-0.4, -0.2) is 20.1 Å². The highest BCUT2D eigenvalue weighted by molar-refractivity contribution is 7.91. The zero-order valence-electron chi connectivity index (χ0n) is 12.5. The average Bonchev–Trinajstić information content (AvgIpc) is 2.54. The van der Waals surface area contributed by atoms with Crippen molar-refractivity contribution in [2.45, 2.75) is 24.7 Å². The summed E-state index contributed by atoms with van der Waals surface area (Å²) in [6, 6.07) is 16.0. The van der Waals surface area contributed by atoms with Gasteiger partial charge >= 0.3 is 0 Å². The van der Waals surface area contributed by atoms with Crippen LogP contribution in [0.4, 0.5) is 5.69 Å². The maximum atomic E-state index is 11.9. The first-order valence-electron chi connectivity index (χ1n) is 7.18. The standard InChI is InChI=1S/C17H19NO3S/c1-2-22(20,21)16-10-6-7-14(13-16)11-12-17(19)18-15-8-4-3-5-9-15/h3-10,13H,2,11-12H2,1H3,(H,18,19). The highest BCUT2D eigenvalue weighted by atomic mass is 32.2. The van der Waals surface area contributed by atoms with Crippen molar-refractivity contribution in [2.24, 2.45) is 0 Å². The van der Waals surface area contributed by atoms with Crippen LogP contribution in [0.15, 0.2) is 59.5 Å². The van der Waals surface area contributed by atoms with E-state index >= 15 is 0 Å². The minimum atomic E-state index is -3.21. The van der Waals surface area contributed by atoms with Crippen LogP contribution in [0.3, 0.4) is 0 Å². The number of rotatable bonds is 6. The summed E-state index contributed by atoms with van der Waals surface area (Å²) < 4.78 is 23.7. The summed E-state index contributed by atoms with van der Waals surface area (Å²) in [5.74, 6) is -0.0137. The molecule has 5 heteroatoms. The molecule has 0 unspecified atom stereocenters. The lowest BCUT2D eigenvalue weighted by molar-refractivity contribution is -0.116. The third-order valence-electron chi connectivity index (χ3n) is 3.34. The quantitative estimate of drug-likeness (QED) is 0.890. The summed E-state index contributed by atoms with van der Waals surface area (Å²) in [5, 5.41) is 2.81. The Labute approximate surface area is 131 Å². The summed E-state index contributed by atoms with van der Waals surface area (Å²) in [6.45, 7) is 1.62. The van der Waals surface area contributed by atoms with Gasteiger partial charge in [-0.05, 0) is 36.2 Å². The molecule has 0 aliphatic heterocycles. The smallest absolute Gasteiger partial charge is 0.224 e. The molecule has 4 nitrogen and oxygen atoms in total. The molecule has 0 fully saturated rings. The van der Waals surface area contributed by atoms with Gasteiger partial charge in [0.15, 0.2) is 9.84 Å². The molecule has 1 N–H and O–H groups in total. The number of sulfone groups is 1. The molecule has 0 radical (unpaired) electrons. The van der Waals surface area contributed by atoms with Crippen LogP contribution >= 0.6 is 0 Å². The van der Waals surface area contributed by atoms with E-state index in [9.17, 15) is 13.2 Å². The van der Waals surface area contributed by atoms with Crippen molar-refractivity contribution in [1.29, 1.82) is 0 Å². The Balaban J connectivity index is 1.97. The number of nitrogens with one attached hydrogen (secondary N) is 1. The summed E-state index contributed by atoms with van der Waals surface area (Å²) in [7, 11) is -3.21. The molecule has 0 atom stereocenters. The molecule has 0 bridgehead atoms. The number of para-hydroxylation sites is 1. The summed E-state index contributed by atoms with van der Waals surface area (Å²) in [5.41, 5.74) is 1.60. The lowest BCUT2D eigenvalue weighted by Crippen LogP contribution is -2.12. The van der Waals surface area contributed by atoms with Gasteiger partial charge in [-0.15, -0.1) is 0 Å². The van der Waals surface area contributed by atoms with E-state index in [0.717, 1.165) is 11.3 Å². The number of aryl methyl sites for hydroxylation is 1. The lowest BCUT2D eigenvalue weighted by Gasteiger charge is -2.07. The first-order valence-corrected chi connectivity index (χ1v) is 8.83. The van der Waals surface area contributed by atoms with Crippen LogP contribution in [-0.2, 0) is 21.1 Å². The lowest BCUT2D eigenvalue weighted by atomic mass is 10.1. The molecule has 22 heavy (non-hydrogen) atoms. The number of carbonyl (C=O) groups excluding carboxylic acids is 1. The Kier molecular flexibility index (Phi) is 5.33. The van der Waals surface area contributed by atoms with Gasteiger partial charge in [0, 0.05) is 12.1 Å². The van der Waals surface area contributed by atoms with Crippen LogP contribution in [0.5, 0.6) is 0 Å². The SMILES string of the molecule is CCS(=O)(=O)c1cccc(CCC(=O)Nc2ccccc2)c1. The Morgan fingerprint density at radius 3 is 2.45 bits per heavy atom. The van der Waals surface area contributed by atoms with Gasteiger partial charge in [-0.1, -0.05) is 37.3 Å². The first-order chi connectivity index (χ1) is 10.5.